The van der Waals surface area contributed by atoms with E-state index in [1.54, 1.807) is 0 Å². The van der Waals surface area contributed by atoms with Gasteiger partial charge in [-0.1, -0.05) is 72.3 Å². The fraction of sp³-hybridized carbons (Fsp3) is 0.600. The maximum absolute atomic E-state index is 3.82. The van der Waals surface area contributed by atoms with E-state index in [-0.39, 0.29) is 0 Å². The lowest BCUT2D eigenvalue weighted by molar-refractivity contribution is 0.629. The van der Waals surface area contributed by atoms with Gasteiger partial charge in [-0.05, 0) is 31.4 Å². The second kappa shape index (κ2) is 7.11. The van der Waals surface area contributed by atoms with Crippen LogP contribution in [0.2, 0.25) is 0 Å². The van der Waals surface area contributed by atoms with E-state index in [4.69, 9.17) is 0 Å². The summed E-state index contributed by atoms with van der Waals surface area (Å²) in [4.78, 5) is 0.532. The van der Waals surface area contributed by atoms with Gasteiger partial charge in [-0.25, -0.2) is 0 Å². The van der Waals surface area contributed by atoms with Gasteiger partial charge >= 0.3 is 0 Å². The van der Waals surface area contributed by atoms with Crippen LogP contribution < -0.4 is 0 Å². The van der Waals surface area contributed by atoms with Gasteiger partial charge < -0.3 is 0 Å². The van der Waals surface area contributed by atoms with Gasteiger partial charge in [0.1, 0.15) is 0 Å². The van der Waals surface area contributed by atoms with Crippen LogP contribution in [0.4, 0.5) is 0 Å². The summed E-state index contributed by atoms with van der Waals surface area (Å²) < 4.78 is 0. The highest BCUT2D eigenvalue weighted by Gasteiger charge is 2.09. The van der Waals surface area contributed by atoms with E-state index >= 15 is 0 Å². The Balaban J connectivity index is 2.51. The first-order chi connectivity index (χ1) is 7.65. The van der Waals surface area contributed by atoms with E-state index in [9.17, 15) is 0 Å². The van der Waals surface area contributed by atoms with Crippen LogP contribution in [-0.4, -0.2) is 0 Å². The summed E-state index contributed by atoms with van der Waals surface area (Å²) in [6.07, 6.45) is 6.63. The highest BCUT2D eigenvalue weighted by atomic mass is 79.9. The summed E-state index contributed by atoms with van der Waals surface area (Å²) in [5.74, 6) is 0. The fourth-order valence-corrected chi connectivity index (χ4v) is 2.82. The number of aryl methyl sites for hydroxylation is 2. The standard InChI is InChI=1S/C15H23Br/c1-4-5-6-7-8-15(16)14-11-12(2)9-10-13(14)3/h9-11,15H,4-8H2,1-3H3. The van der Waals surface area contributed by atoms with Crippen molar-refractivity contribution in [1.82, 2.24) is 0 Å². The van der Waals surface area contributed by atoms with E-state index in [0.29, 0.717) is 4.83 Å². The Bertz CT molecular complexity index is 317. The number of benzene rings is 1. The molecule has 0 radical (unpaired) electrons. The Labute approximate surface area is 109 Å². The van der Waals surface area contributed by atoms with Gasteiger partial charge in [-0.15, -0.1) is 0 Å². The molecule has 0 aliphatic rings. The highest BCUT2D eigenvalue weighted by molar-refractivity contribution is 9.09. The van der Waals surface area contributed by atoms with Gasteiger partial charge in [0, 0.05) is 4.83 Å². The lowest BCUT2D eigenvalue weighted by Crippen LogP contribution is -1.95. The molecule has 1 heteroatoms. The third-order valence-electron chi connectivity index (χ3n) is 3.08. The van der Waals surface area contributed by atoms with Gasteiger partial charge in [-0.2, -0.15) is 0 Å². The largest absolute Gasteiger partial charge is 0.0839 e. The van der Waals surface area contributed by atoms with E-state index in [1.807, 2.05) is 0 Å². The monoisotopic (exact) mass is 282 g/mol. The first kappa shape index (κ1) is 13.8. The smallest absolute Gasteiger partial charge is 0.0398 e. The molecule has 1 unspecified atom stereocenters. The first-order valence-corrected chi connectivity index (χ1v) is 7.28. The van der Waals surface area contributed by atoms with Gasteiger partial charge in [0.2, 0.25) is 0 Å². The summed E-state index contributed by atoms with van der Waals surface area (Å²) in [7, 11) is 0. The van der Waals surface area contributed by atoms with Crippen LogP contribution >= 0.6 is 15.9 Å². The predicted octanol–water partition coefficient (Wildman–Crippen LogP) is 5.71. The van der Waals surface area contributed by atoms with E-state index < -0.39 is 0 Å². The van der Waals surface area contributed by atoms with E-state index in [0.717, 1.165) is 0 Å². The zero-order chi connectivity index (χ0) is 12.0. The third kappa shape index (κ3) is 4.29. The maximum Gasteiger partial charge on any atom is 0.0398 e. The summed E-state index contributed by atoms with van der Waals surface area (Å²) in [5, 5.41) is 0. The topological polar surface area (TPSA) is 0 Å². The van der Waals surface area contributed by atoms with Crippen molar-refractivity contribution in [3.63, 3.8) is 0 Å². The lowest BCUT2D eigenvalue weighted by Gasteiger charge is -2.13. The zero-order valence-electron chi connectivity index (χ0n) is 10.7. The molecule has 90 valence electrons. The molecule has 0 aliphatic heterocycles. The highest BCUT2D eigenvalue weighted by Crippen LogP contribution is 2.31. The number of hydrogen-bond donors (Lipinski definition) is 0. The molecule has 0 N–H and O–H groups in total. The molecule has 0 heterocycles. The van der Waals surface area contributed by atoms with Gasteiger partial charge in [0.05, 0.1) is 0 Å². The van der Waals surface area contributed by atoms with Crippen molar-refractivity contribution in [1.29, 1.82) is 0 Å². The molecule has 1 atom stereocenters. The van der Waals surface area contributed by atoms with E-state index in [2.05, 4.69) is 54.9 Å². The minimum Gasteiger partial charge on any atom is -0.0839 e. The Morgan fingerprint density at radius 3 is 2.56 bits per heavy atom. The average molecular weight is 283 g/mol. The van der Waals surface area contributed by atoms with Crippen LogP contribution in [0.5, 0.6) is 0 Å². The third-order valence-corrected chi connectivity index (χ3v) is 4.03. The van der Waals surface area contributed by atoms with Crippen LogP contribution in [0.1, 0.15) is 60.5 Å². The summed E-state index contributed by atoms with van der Waals surface area (Å²) in [6.45, 7) is 6.63. The van der Waals surface area contributed by atoms with Gasteiger partial charge in [-0.3, -0.25) is 0 Å². The Morgan fingerprint density at radius 2 is 1.88 bits per heavy atom. The van der Waals surface area contributed by atoms with Crippen molar-refractivity contribution < 1.29 is 0 Å². The molecule has 16 heavy (non-hydrogen) atoms. The minimum absolute atomic E-state index is 0.532. The normalized spacial score (nSPS) is 12.8. The average Bonchev–Trinajstić information content (AvgIpc) is 2.27. The molecule has 0 aliphatic carbocycles. The summed E-state index contributed by atoms with van der Waals surface area (Å²) >= 11 is 3.82. The number of hydrogen-bond acceptors (Lipinski definition) is 0. The maximum atomic E-state index is 3.82. The molecule has 1 aromatic rings. The van der Waals surface area contributed by atoms with Crippen LogP contribution in [-0.2, 0) is 0 Å². The SMILES string of the molecule is CCCCCCC(Br)c1cc(C)ccc1C. The number of rotatable bonds is 6. The van der Waals surface area contributed by atoms with Crippen LogP contribution in [0.15, 0.2) is 18.2 Å². The van der Waals surface area contributed by atoms with Crippen molar-refractivity contribution >= 4 is 15.9 Å². The quantitative estimate of drug-likeness (QED) is 0.463. The van der Waals surface area contributed by atoms with Crippen molar-refractivity contribution in [3.05, 3.63) is 34.9 Å². The second-order valence-electron chi connectivity index (χ2n) is 4.68. The second-order valence-corrected chi connectivity index (χ2v) is 5.78. The Kier molecular flexibility index (Phi) is 6.12. The molecule has 0 saturated heterocycles. The number of unbranched alkanes of at least 4 members (excludes halogenated alkanes) is 3. The van der Waals surface area contributed by atoms with Crippen molar-refractivity contribution in [2.45, 2.75) is 57.7 Å². The minimum atomic E-state index is 0.532. The molecule has 0 spiro atoms. The van der Waals surface area contributed by atoms with Crippen LogP contribution in [0.3, 0.4) is 0 Å². The number of alkyl halides is 1. The molecule has 1 aromatic carbocycles. The lowest BCUT2D eigenvalue weighted by atomic mass is 9.99. The van der Waals surface area contributed by atoms with Gasteiger partial charge in [0.15, 0.2) is 0 Å². The fourth-order valence-electron chi connectivity index (χ4n) is 2.00. The van der Waals surface area contributed by atoms with Crippen molar-refractivity contribution in [2.75, 3.05) is 0 Å². The van der Waals surface area contributed by atoms with Crippen LogP contribution in [0, 0.1) is 13.8 Å². The summed E-state index contributed by atoms with van der Waals surface area (Å²) in [5.41, 5.74) is 4.23. The molecule has 0 nitrogen and oxygen atoms in total. The van der Waals surface area contributed by atoms with E-state index in [1.165, 1.54) is 48.8 Å². The number of halogens is 1. The first-order valence-electron chi connectivity index (χ1n) is 6.36. The molecule has 0 aromatic heterocycles. The zero-order valence-corrected chi connectivity index (χ0v) is 12.3. The molecule has 0 bridgehead atoms. The predicted molar refractivity (Wildman–Crippen MR) is 76.3 cm³/mol. The van der Waals surface area contributed by atoms with Crippen molar-refractivity contribution in [3.8, 4) is 0 Å². The Morgan fingerprint density at radius 1 is 1.12 bits per heavy atom. The Hall–Kier alpha value is -0.300. The molecule has 0 saturated carbocycles. The molecule has 0 amide bonds. The summed E-state index contributed by atoms with van der Waals surface area (Å²) in [6, 6.07) is 6.73. The molecular weight excluding hydrogens is 260 g/mol. The molecule has 1 rings (SSSR count). The molecule has 0 fully saturated rings. The van der Waals surface area contributed by atoms with Gasteiger partial charge in [0.25, 0.3) is 0 Å². The molecular formula is C15H23Br. The van der Waals surface area contributed by atoms with Crippen molar-refractivity contribution in [2.24, 2.45) is 0 Å². The van der Waals surface area contributed by atoms with Crippen LogP contribution in [0.25, 0.3) is 0 Å².